The van der Waals surface area contributed by atoms with Crippen molar-refractivity contribution in [2.75, 3.05) is 11.9 Å². The Balaban J connectivity index is 1.88. The van der Waals surface area contributed by atoms with Crippen molar-refractivity contribution in [1.82, 2.24) is 9.88 Å². The second kappa shape index (κ2) is 8.73. The highest BCUT2D eigenvalue weighted by atomic mass is 16.2. The molecule has 2 rings (SSSR count). The number of hydrogen-bond acceptors (Lipinski definition) is 4. The molecule has 2 aromatic rings. The number of anilines is 1. The number of Topliss-reactive ketones (excluding diaryl/α,β-unsaturated/α-hetero) is 1. The summed E-state index contributed by atoms with van der Waals surface area (Å²) in [4.78, 5) is 40.9. The van der Waals surface area contributed by atoms with Gasteiger partial charge in [0.25, 0.3) is 0 Å². The third-order valence-corrected chi connectivity index (χ3v) is 3.71. The number of nitrogens with one attached hydrogen (secondary N) is 1. The van der Waals surface area contributed by atoms with Crippen LogP contribution in [0, 0.1) is 0 Å². The third kappa shape index (κ3) is 5.84. The van der Waals surface area contributed by atoms with Crippen molar-refractivity contribution in [3.05, 3.63) is 59.9 Å². The molecule has 6 nitrogen and oxygen atoms in total. The van der Waals surface area contributed by atoms with Gasteiger partial charge in [-0.25, -0.2) is 0 Å². The van der Waals surface area contributed by atoms with Gasteiger partial charge in [-0.15, -0.1) is 0 Å². The van der Waals surface area contributed by atoms with Crippen LogP contribution in [0.15, 0.2) is 48.7 Å². The summed E-state index contributed by atoms with van der Waals surface area (Å²) in [5, 5.41) is 2.76. The zero-order valence-electron chi connectivity index (χ0n) is 14.4. The van der Waals surface area contributed by atoms with E-state index in [1.54, 1.807) is 35.4 Å². The molecule has 25 heavy (non-hydrogen) atoms. The molecule has 2 amide bonds. The Bertz CT molecular complexity index is 742. The molecular formula is C19H21N3O3. The van der Waals surface area contributed by atoms with E-state index in [-0.39, 0.29) is 24.0 Å². The van der Waals surface area contributed by atoms with E-state index < -0.39 is 0 Å². The number of aromatic nitrogens is 1. The van der Waals surface area contributed by atoms with Crippen LogP contribution in [-0.2, 0) is 16.1 Å². The van der Waals surface area contributed by atoms with Crippen LogP contribution >= 0.6 is 0 Å². The van der Waals surface area contributed by atoms with Crippen molar-refractivity contribution < 1.29 is 14.4 Å². The van der Waals surface area contributed by atoms with Crippen LogP contribution in [-0.4, -0.2) is 34.0 Å². The zero-order chi connectivity index (χ0) is 18.2. The van der Waals surface area contributed by atoms with Crippen LogP contribution < -0.4 is 5.32 Å². The Morgan fingerprint density at radius 3 is 2.32 bits per heavy atom. The van der Waals surface area contributed by atoms with E-state index >= 15 is 0 Å². The molecule has 0 fully saturated rings. The van der Waals surface area contributed by atoms with Crippen molar-refractivity contribution in [3.63, 3.8) is 0 Å². The lowest BCUT2D eigenvalue weighted by Gasteiger charge is -2.20. The second-order valence-corrected chi connectivity index (χ2v) is 5.69. The van der Waals surface area contributed by atoms with Crippen molar-refractivity contribution in [1.29, 1.82) is 0 Å². The minimum absolute atomic E-state index is 0.0236. The molecule has 0 spiro atoms. The van der Waals surface area contributed by atoms with Gasteiger partial charge in [-0.1, -0.05) is 6.07 Å². The SMILES string of the molecule is CC(=O)c1ccc(NC(=O)CCN(Cc2ccccn2)C(C)=O)cc1. The Labute approximate surface area is 146 Å². The molecule has 1 N–H and O–H groups in total. The molecule has 1 aromatic heterocycles. The van der Waals surface area contributed by atoms with Gasteiger partial charge >= 0.3 is 0 Å². The van der Waals surface area contributed by atoms with E-state index in [2.05, 4.69) is 10.3 Å². The number of rotatable bonds is 7. The molecule has 0 aliphatic heterocycles. The fourth-order valence-electron chi connectivity index (χ4n) is 2.28. The normalized spacial score (nSPS) is 10.2. The average Bonchev–Trinajstić information content (AvgIpc) is 2.59. The lowest BCUT2D eigenvalue weighted by Crippen LogP contribution is -2.31. The Morgan fingerprint density at radius 2 is 1.76 bits per heavy atom. The molecular weight excluding hydrogens is 318 g/mol. The summed E-state index contributed by atoms with van der Waals surface area (Å²) in [6, 6.07) is 12.2. The topological polar surface area (TPSA) is 79.4 Å². The van der Waals surface area contributed by atoms with Gasteiger partial charge in [-0.05, 0) is 43.3 Å². The van der Waals surface area contributed by atoms with Crippen LogP contribution in [0.1, 0.15) is 36.3 Å². The molecule has 0 saturated carbocycles. The number of carbonyl (C=O) groups is 3. The molecule has 0 bridgehead atoms. The molecule has 0 unspecified atom stereocenters. The molecule has 1 heterocycles. The van der Waals surface area contributed by atoms with Crippen molar-refractivity contribution in [2.24, 2.45) is 0 Å². The van der Waals surface area contributed by atoms with Gasteiger partial charge in [0.2, 0.25) is 11.8 Å². The molecule has 0 aliphatic carbocycles. The van der Waals surface area contributed by atoms with Gasteiger partial charge < -0.3 is 10.2 Å². The summed E-state index contributed by atoms with van der Waals surface area (Å²) in [6.45, 7) is 3.65. The highest BCUT2D eigenvalue weighted by Crippen LogP contribution is 2.11. The van der Waals surface area contributed by atoms with Gasteiger partial charge in [0.05, 0.1) is 12.2 Å². The smallest absolute Gasteiger partial charge is 0.226 e. The first-order valence-corrected chi connectivity index (χ1v) is 8.02. The van der Waals surface area contributed by atoms with E-state index in [0.717, 1.165) is 5.69 Å². The van der Waals surface area contributed by atoms with Crippen LogP contribution in [0.5, 0.6) is 0 Å². The molecule has 0 aliphatic rings. The molecule has 6 heteroatoms. The number of hydrogen-bond donors (Lipinski definition) is 1. The summed E-state index contributed by atoms with van der Waals surface area (Å²) in [5.41, 5.74) is 1.99. The first kappa shape index (κ1) is 18.3. The van der Waals surface area contributed by atoms with Crippen LogP contribution in [0.3, 0.4) is 0 Å². The van der Waals surface area contributed by atoms with E-state index in [4.69, 9.17) is 0 Å². The van der Waals surface area contributed by atoms with Crippen molar-refractivity contribution in [2.45, 2.75) is 26.8 Å². The van der Waals surface area contributed by atoms with E-state index in [9.17, 15) is 14.4 Å². The molecule has 1 aromatic carbocycles. The molecule has 0 atom stereocenters. The quantitative estimate of drug-likeness (QED) is 0.787. The predicted octanol–water partition coefficient (Wildman–Crippen LogP) is 2.66. The maximum Gasteiger partial charge on any atom is 0.226 e. The second-order valence-electron chi connectivity index (χ2n) is 5.69. The van der Waals surface area contributed by atoms with Crippen molar-refractivity contribution in [3.8, 4) is 0 Å². The van der Waals surface area contributed by atoms with Crippen LogP contribution in [0.25, 0.3) is 0 Å². The fraction of sp³-hybridized carbons (Fsp3) is 0.263. The summed E-state index contributed by atoms with van der Waals surface area (Å²) in [7, 11) is 0. The Hall–Kier alpha value is -3.02. The highest BCUT2D eigenvalue weighted by molar-refractivity contribution is 5.95. The number of carbonyl (C=O) groups excluding carboxylic acids is 3. The molecule has 0 saturated heterocycles. The predicted molar refractivity (Wildman–Crippen MR) is 95.0 cm³/mol. The standard InChI is InChI=1S/C19H21N3O3/c1-14(23)16-6-8-17(9-7-16)21-19(25)10-12-22(15(2)24)13-18-5-3-4-11-20-18/h3-9,11H,10,12-13H2,1-2H3,(H,21,25). The monoisotopic (exact) mass is 339 g/mol. The summed E-state index contributed by atoms with van der Waals surface area (Å²) in [6.07, 6.45) is 1.85. The number of amides is 2. The summed E-state index contributed by atoms with van der Waals surface area (Å²) in [5.74, 6) is -0.323. The zero-order valence-corrected chi connectivity index (χ0v) is 14.4. The lowest BCUT2D eigenvalue weighted by atomic mass is 10.1. The molecule has 0 radical (unpaired) electrons. The largest absolute Gasteiger partial charge is 0.337 e. The van der Waals surface area contributed by atoms with E-state index in [1.807, 2.05) is 18.2 Å². The van der Waals surface area contributed by atoms with Gasteiger partial charge in [-0.2, -0.15) is 0 Å². The van der Waals surface area contributed by atoms with Gasteiger partial charge in [0.15, 0.2) is 5.78 Å². The Morgan fingerprint density at radius 1 is 1.04 bits per heavy atom. The highest BCUT2D eigenvalue weighted by Gasteiger charge is 2.12. The third-order valence-electron chi connectivity index (χ3n) is 3.71. The maximum atomic E-state index is 12.1. The summed E-state index contributed by atoms with van der Waals surface area (Å²) < 4.78 is 0. The average molecular weight is 339 g/mol. The minimum Gasteiger partial charge on any atom is -0.337 e. The fourth-order valence-corrected chi connectivity index (χ4v) is 2.28. The van der Waals surface area contributed by atoms with E-state index in [1.165, 1.54) is 13.8 Å². The first-order chi connectivity index (χ1) is 12.0. The van der Waals surface area contributed by atoms with Gasteiger partial charge in [0.1, 0.15) is 0 Å². The lowest BCUT2D eigenvalue weighted by molar-refractivity contribution is -0.130. The minimum atomic E-state index is -0.192. The Kier molecular flexibility index (Phi) is 6.39. The van der Waals surface area contributed by atoms with Gasteiger partial charge in [-0.3, -0.25) is 19.4 Å². The number of ketones is 1. The number of pyridine rings is 1. The van der Waals surface area contributed by atoms with Crippen LogP contribution in [0.2, 0.25) is 0 Å². The molecule has 130 valence electrons. The first-order valence-electron chi connectivity index (χ1n) is 8.02. The summed E-state index contributed by atoms with van der Waals surface area (Å²) >= 11 is 0. The number of nitrogens with zero attached hydrogens (tertiary/aromatic N) is 2. The van der Waals surface area contributed by atoms with Crippen molar-refractivity contribution >= 4 is 23.3 Å². The van der Waals surface area contributed by atoms with Gasteiger partial charge in [0, 0.05) is 37.3 Å². The van der Waals surface area contributed by atoms with Crippen LogP contribution in [0.4, 0.5) is 5.69 Å². The number of benzene rings is 1. The maximum absolute atomic E-state index is 12.1. The van der Waals surface area contributed by atoms with E-state index in [0.29, 0.717) is 24.3 Å².